The molecule has 5 heteroatoms. The van der Waals surface area contributed by atoms with E-state index in [4.69, 9.17) is 4.74 Å². The molecular formula is C11H23NO3S. The van der Waals surface area contributed by atoms with E-state index in [1.807, 2.05) is 27.7 Å². The average Bonchev–Trinajstić information content (AvgIpc) is 2.08. The summed E-state index contributed by atoms with van der Waals surface area (Å²) in [6, 6.07) is 0. The molecule has 0 aromatic carbocycles. The molecular weight excluding hydrogens is 226 g/mol. The summed E-state index contributed by atoms with van der Waals surface area (Å²) >= 11 is 0. The van der Waals surface area contributed by atoms with Gasteiger partial charge in [-0.3, -0.25) is 0 Å². The Bertz CT molecular complexity index is 318. The van der Waals surface area contributed by atoms with Crippen LogP contribution >= 0.6 is 0 Å². The van der Waals surface area contributed by atoms with E-state index in [9.17, 15) is 8.42 Å². The highest BCUT2D eigenvalue weighted by atomic mass is 32.2. The number of nitrogens with one attached hydrogen (secondary N) is 1. The van der Waals surface area contributed by atoms with Gasteiger partial charge in [-0.2, -0.15) is 0 Å². The third-order valence-corrected chi connectivity index (χ3v) is 4.64. The van der Waals surface area contributed by atoms with Crippen LogP contribution in [0.4, 0.5) is 0 Å². The molecule has 0 aromatic rings. The van der Waals surface area contributed by atoms with E-state index in [-0.39, 0.29) is 17.2 Å². The van der Waals surface area contributed by atoms with Crippen molar-refractivity contribution < 1.29 is 13.2 Å². The van der Waals surface area contributed by atoms with Gasteiger partial charge in [0.15, 0.2) is 0 Å². The fourth-order valence-corrected chi connectivity index (χ4v) is 3.44. The van der Waals surface area contributed by atoms with Gasteiger partial charge in [-0.25, -0.2) is 13.1 Å². The lowest BCUT2D eigenvalue weighted by Crippen LogP contribution is -2.65. The molecule has 16 heavy (non-hydrogen) atoms. The van der Waals surface area contributed by atoms with Gasteiger partial charge in [0.1, 0.15) is 0 Å². The summed E-state index contributed by atoms with van der Waals surface area (Å²) in [6.07, 6.45) is 0.699. The Morgan fingerprint density at radius 2 is 1.81 bits per heavy atom. The summed E-state index contributed by atoms with van der Waals surface area (Å²) in [6.45, 7) is 9.08. The first-order valence-electron chi connectivity index (χ1n) is 5.87. The summed E-state index contributed by atoms with van der Waals surface area (Å²) in [5.41, 5.74) is -0.365. The third-order valence-electron chi connectivity index (χ3n) is 3.15. The van der Waals surface area contributed by atoms with E-state index in [2.05, 4.69) is 4.72 Å². The molecule has 0 unspecified atom stereocenters. The predicted molar refractivity (Wildman–Crippen MR) is 64.8 cm³/mol. The molecule has 0 bridgehead atoms. The van der Waals surface area contributed by atoms with Crippen LogP contribution in [0.1, 0.15) is 34.1 Å². The Balaban J connectivity index is 2.57. The fraction of sp³-hybridized carbons (Fsp3) is 1.00. The minimum Gasteiger partial charge on any atom is -0.377 e. The van der Waals surface area contributed by atoms with E-state index < -0.39 is 10.0 Å². The Morgan fingerprint density at radius 3 is 2.12 bits per heavy atom. The Labute approximate surface area is 98.8 Å². The van der Waals surface area contributed by atoms with E-state index in [0.29, 0.717) is 25.6 Å². The molecule has 0 spiro atoms. The van der Waals surface area contributed by atoms with Gasteiger partial charge >= 0.3 is 0 Å². The molecule has 1 fully saturated rings. The van der Waals surface area contributed by atoms with Crippen molar-refractivity contribution in [3.05, 3.63) is 0 Å². The van der Waals surface area contributed by atoms with Crippen LogP contribution in [0, 0.1) is 11.8 Å². The lowest BCUT2D eigenvalue weighted by atomic mass is 9.86. The lowest BCUT2D eigenvalue weighted by molar-refractivity contribution is -0.0854. The number of sulfonamides is 1. The standard InChI is InChI=1S/C11H23NO3S/c1-9(2)5-6-16(13,14)12-11(10(3)4)7-15-8-11/h9-10,12H,5-8H2,1-4H3. The first-order chi connectivity index (χ1) is 7.27. The highest BCUT2D eigenvalue weighted by Crippen LogP contribution is 2.27. The fourth-order valence-electron chi connectivity index (χ4n) is 1.58. The van der Waals surface area contributed by atoms with Crippen molar-refractivity contribution in [1.29, 1.82) is 0 Å². The van der Waals surface area contributed by atoms with Gasteiger partial charge in [-0.1, -0.05) is 27.7 Å². The minimum absolute atomic E-state index is 0.207. The molecule has 0 amide bonds. The zero-order valence-electron chi connectivity index (χ0n) is 10.6. The number of hydrogen-bond donors (Lipinski definition) is 1. The van der Waals surface area contributed by atoms with Crippen LogP contribution in [0.25, 0.3) is 0 Å². The molecule has 1 aliphatic heterocycles. The molecule has 0 atom stereocenters. The average molecular weight is 249 g/mol. The Kier molecular flexibility index (Phi) is 4.37. The van der Waals surface area contributed by atoms with Crippen LogP contribution in [0.5, 0.6) is 0 Å². The topological polar surface area (TPSA) is 55.4 Å². The quantitative estimate of drug-likeness (QED) is 0.773. The van der Waals surface area contributed by atoms with Gasteiger partial charge in [0, 0.05) is 0 Å². The molecule has 1 aliphatic rings. The second kappa shape index (κ2) is 5.02. The molecule has 1 N–H and O–H groups in total. The molecule has 0 radical (unpaired) electrons. The molecule has 4 nitrogen and oxygen atoms in total. The van der Waals surface area contributed by atoms with Gasteiger partial charge in [0.25, 0.3) is 0 Å². The predicted octanol–water partition coefficient (Wildman–Crippen LogP) is 1.38. The van der Waals surface area contributed by atoms with E-state index >= 15 is 0 Å². The van der Waals surface area contributed by atoms with Crippen molar-refractivity contribution in [3.63, 3.8) is 0 Å². The zero-order valence-corrected chi connectivity index (χ0v) is 11.4. The van der Waals surface area contributed by atoms with Crippen LogP contribution in [-0.2, 0) is 14.8 Å². The van der Waals surface area contributed by atoms with Crippen LogP contribution in [0.3, 0.4) is 0 Å². The smallest absolute Gasteiger partial charge is 0.212 e. The Morgan fingerprint density at radius 1 is 1.25 bits per heavy atom. The lowest BCUT2D eigenvalue weighted by Gasteiger charge is -2.44. The van der Waals surface area contributed by atoms with Crippen LogP contribution < -0.4 is 4.72 Å². The van der Waals surface area contributed by atoms with E-state index in [1.165, 1.54) is 0 Å². The number of ether oxygens (including phenoxy) is 1. The molecule has 96 valence electrons. The third kappa shape index (κ3) is 3.43. The van der Waals surface area contributed by atoms with Crippen molar-refractivity contribution in [2.45, 2.75) is 39.7 Å². The van der Waals surface area contributed by atoms with Crippen LogP contribution in [-0.4, -0.2) is 32.9 Å². The van der Waals surface area contributed by atoms with Crippen LogP contribution in [0.2, 0.25) is 0 Å². The van der Waals surface area contributed by atoms with Gasteiger partial charge in [0.05, 0.1) is 24.5 Å². The molecule has 0 saturated carbocycles. The largest absolute Gasteiger partial charge is 0.377 e. The number of hydrogen-bond acceptors (Lipinski definition) is 3. The van der Waals surface area contributed by atoms with Crippen molar-refractivity contribution in [2.24, 2.45) is 11.8 Å². The van der Waals surface area contributed by atoms with Crippen molar-refractivity contribution in [1.82, 2.24) is 4.72 Å². The van der Waals surface area contributed by atoms with Crippen molar-refractivity contribution in [2.75, 3.05) is 19.0 Å². The van der Waals surface area contributed by atoms with E-state index in [0.717, 1.165) is 0 Å². The molecule has 0 aromatic heterocycles. The summed E-state index contributed by atoms with van der Waals surface area (Å²) in [4.78, 5) is 0. The zero-order chi connectivity index (χ0) is 12.4. The van der Waals surface area contributed by atoms with Crippen molar-refractivity contribution in [3.8, 4) is 0 Å². The highest BCUT2D eigenvalue weighted by Gasteiger charge is 2.44. The first-order valence-corrected chi connectivity index (χ1v) is 7.52. The maximum Gasteiger partial charge on any atom is 0.212 e. The second-order valence-corrected chi connectivity index (χ2v) is 7.25. The second-order valence-electron chi connectivity index (χ2n) is 5.41. The van der Waals surface area contributed by atoms with Crippen LogP contribution in [0.15, 0.2) is 0 Å². The van der Waals surface area contributed by atoms with Crippen molar-refractivity contribution >= 4 is 10.0 Å². The first kappa shape index (κ1) is 13.9. The highest BCUT2D eigenvalue weighted by molar-refractivity contribution is 7.89. The maximum atomic E-state index is 11.9. The summed E-state index contributed by atoms with van der Waals surface area (Å²) < 4.78 is 31.7. The Hall–Kier alpha value is -0.130. The van der Waals surface area contributed by atoms with Gasteiger partial charge in [-0.05, 0) is 18.3 Å². The molecule has 0 aliphatic carbocycles. The van der Waals surface area contributed by atoms with Gasteiger partial charge < -0.3 is 4.74 Å². The normalized spacial score (nSPS) is 20.1. The minimum atomic E-state index is -3.17. The molecule has 1 rings (SSSR count). The molecule has 1 saturated heterocycles. The summed E-state index contributed by atoms with van der Waals surface area (Å²) in [5.74, 6) is 0.873. The van der Waals surface area contributed by atoms with Gasteiger partial charge in [-0.15, -0.1) is 0 Å². The number of rotatable bonds is 6. The van der Waals surface area contributed by atoms with E-state index in [1.54, 1.807) is 0 Å². The summed E-state index contributed by atoms with van der Waals surface area (Å²) in [7, 11) is -3.17. The monoisotopic (exact) mass is 249 g/mol. The maximum absolute atomic E-state index is 11.9. The SMILES string of the molecule is CC(C)CCS(=O)(=O)NC1(C(C)C)COC1. The van der Waals surface area contributed by atoms with Gasteiger partial charge in [0.2, 0.25) is 10.0 Å². The molecule has 1 heterocycles. The summed E-state index contributed by atoms with van der Waals surface area (Å²) in [5, 5.41) is 0.